The molecule has 1 saturated heterocycles. The zero-order valence-corrected chi connectivity index (χ0v) is 9.41. The van der Waals surface area contributed by atoms with E-state index < -0.39 is 0 Å². The van der Waals surface area contributed by atoms with Gasteiger partial charge in [0.2, 0.25) is 0 Å². The summed E-state index contributed by atoms with van der Waals surface area (Å²) < 4.78 is 2.35. The summed E-state index contributed by atoms with van der Waals surface area (Å²) in [6.45, 7) is 6.02. The molecule has 0 radical (unpaired) electrons. The number of hydrogen-bond donors (Lipinski definition) is 1. The van der Waals surface area contributed by atoms with Gasteiger partial charge in [0.25, 0.3) is 0 Å². The highest BCUT2D eigenvalue weighted by Gasteiger charge is 2.20. The van der Waals surface area contributed by atoms with Gasteiger partial charge >= 0.3 is 0 Å². The molecule has 2 rings (SSSR count). The number of nitrogens with zero attached hydrogens (tertiary/aromatic N) is 1. The van der Waals surface area contributed by atoms with E-state index in [1.807, 2.05) is 18.2 Å². The van der Waals surface area contributed by atoms with Crippen molar-refractivity contribution in [3.8, 4) is 5.75 Å². The average Bonchev–Trinajstić information content (AvgIpc) is 2.69. The van der Waals surface area contributed by atoms with Gasteiger partial charge in [0.15, 0.2) is 0 Å². The molecule has 0 spiro atoms. The van der Waals surface area contributed by atoms with Crippen LogP contribution >= 0.6 is 11.9 Å². The number of hydrogen-bond acceptors (Lipinski definition) is 3. The molecule has 80 valence electrons. The fourth-order valence-corrected chi connectivity index (χ4v) is 2.70. The van der Waals surface area contributed by atoms with E-state index in [0.29, 0.717) is 11.7 Å². The number of benzene rings is 1. The summed E-state index contributed by atoms with van der Waals surface area (Å²) in [4.78, 5) is 1.18. The molecule has 0 bridgehead atoms. The number of aromatic hydroxyl groups is 1. The zero-order valence-electron chi connectivity index (χ0n) is 8.60. The predicted molar refractivity (Wildman–Crippen MR) is 63.8 cm³/mol. The normalized spacial score (nSPS) is 21.7. The van der Waals surface area contributed by atoms with Crippen LogP contribution in [0.1, 0.15) is 6.42 Å². The first-order valence-electron chi connectivity index (χ1n) is 5.12. The topological polar surface area (TPSA) is 23.5 Å². The molecule has 1 heterocycles. The molecule has 3 heteroatoms. The van der Waals surface area contributed by atoms with E-state index in [4.69, 9.17) is 5.11 Å². The lowest BCUT2D eigenvalue weighted by atomic mass is 10.1. The standard InChI is InChI=1S/C12H15NOS/c1-2-10-7-8-13(9-10)15-12-5-3-11(14)4-6-12/h2-6,10,14H,1,7-9H2. The first-order valence-corrected chi connectivity index (χ1v) is 5.90. The maximum Gasteiger partial charge on any atom is 0.115 e. The lowest BCUT2D eigenvalue weighted by Gasteiger charge is -2.13. The van der Waals surface area contributed by atoms with E-state index >= 15 is 0 Å². The second kappa shape index (κ2) is 4.73. The first kappa shape index (κ1) is 10.6. The third kappa shape index (κ3) is 2.76. The van der Waals surface area contributed by atoms with Gasteiger partial charge in [-0.25, -0.2) is 4.31 Å². The smallest absolute Gasteiger partial charge is 0.115 e. The molecule has 0 aromatic heterocycles. The molecule has 1 N–H and O–H groups in total. The molecule has 1 unspecified atom stereocenters. The summed E-state index contributed by atoms with van der Waals surface area (Å²) in [6, 6.07) is 7.34. The van der Waals surface area contributed by atoms with Crippen molar-refractivity contribution in [2.45, 2.75) is 11.3 Å². The SMILES string of the molecule is C=CC1CCN(Sc2ccc(O)cc2)C1. The highest BCUT2D eigenvalue weighted by Crippen LogP contribution is 2.30. The van der Waals surface area contributed by atoms with Crippen LogP contribution in [0.2, 0.25) is 0 Å². The molecule has 0 saturated carbocycles. The summed E-state index contributed by atoms with van der Waals surface area (Å²) in [5.41, 5.74) is 0. The van der Waals surface area contributed by atoms with Crippen molar-refractivity contribution in [1.82, 2.24) is 4.31 Å². The van der Waals surface area contributed by atoms with E-state index in [-0.39, 0.29) is 0 Å². The predicted octanol–water partition coefficient (Wildman–Crippen LogP) is 2.91. The Balaban J connectivity index is 1.92. The highest BCUT2D eigenvalue weighted by atomic mass is 32.2. The van der Waals surface area contributed by atoms with Crippen molar-refractivity contribution in [1.29, 1.82) is 0 Å². The minimum Gasteiger partial charge on any atom is -0.508 e. The van der Waals surface area contributed by atoms with Crippen molar-refractivity contribution in [2.75, 3.05) is 13.1 Å². The van der Waals surface area contributed by atoms with Gasteiger partial charge in [-0.3, -0.25) is 0 Å². The third-order valence-electron chi connectivity index (χ3n) is 2.59. The first-order chi connectivity index (χ1) is 7.28. The monoisotopic (exact) mass is 221 g/mol. The van der Waals surface area contributed by atoms with E-state index in [0.717, 1.165) is 13.1 Å². The molecule has 1 aromatic carbocycles. The average molecular weight is 221 g/mol. The Kier molecular flexibility index (Phi) is 3.34. The van der Waals surface area contributed by atoms with Crippen molar-refractivity contribution in [3.63, 3.8) is 0 Å². The van der Waals surface area contributed by atoms with E-state index in [1.54, 1.807) is 24.1 Å². The lowest BCUT2D eigenvalue weighted by Crippen LogP contribution is -2.10. The lowest BCUT2D eigenvalue weighted by molar-refractivity contribution is 0.475. The van der Waals surface area contributed by atoms with Crippen LogP contribution in [0.15, 0.2) is 41.8 Å². The highest BCUT2D eigenvalue weighted by molar-refractivity contribution is 7.97. The van der Waals surface area contributed by atoms with Gasteiger partial charge in [-0.1, -0.05) is 6.08 Å². The molecular weight excluding hydrogens is 206 g/mol. The minimum absolute atomic E-state index is 0.324. The van der Waals surface area contributed by atoms with Crippen molar-refractivity contribution in [3.05, 3.63) is 36.9 Å². The van der Waals surface area contributed by atoms with Gasteiger partial charge in [0, 0.05) is 18.0 Å². The van der Waals surface area contributed by atoms with Gasteiger partial charge in [-0.15, -0.1) is 6.58 Å². The Hall–Kier alpha value is -0.930. The fourth-order valence-electron chi connectivity index (χ4n) is 1.69. The van der Waals surface area contributed by atoms with Crippen LogP contribution in [0, 0.1) is 5.92 Å². The van der Waals surface area contributed by atoms with Crippen LogP contribution < -0.4 is 0 Å². The Morgan fingerprint density at radius 3 is 2.73 bits per heavy atom. The maximum absolute atomic E-state index is 9.16. The summed E-state index contributed by atoms with van der Waals surface area (Å²) in [5, 5.41) is 9.16. The van der Waals surface area contributed by atoms with Crippen molar-refractivity contribution in [2.24, 2.45) is 5.92 Å². The van der Waals surface area contributed by atoms with Gasteiger partial charge in [0.05, 0.1) is 0 Å². The summed E-state index contributed by atoms with van der Waals surface area (Å²) in [5.74, 6) is 0.958. The molecular formula is C12H15NOS. The molecule has 1 aliphatic heterocycles. The molecule has 15 heavy (non-hydrogen) atoms. The van der Waals surface area contributed by atoms with E-state index in [1.165, 1.54) is 11.3 Å². The summed E-state index contributed by atoms with van der Waals surface area (Å²) in [7, 11) is 0. The molecule has 1 atom stereocenters. The molecule has 1 aromatic rings. The number of rotatable bonds is 3. The summed E-state index contributed by atoms with van der Waals surface area (Å²) >= 11 is 1.75. The van der Waals surface area contributed by atoms with Crippen LogP contribution in [0.5, 0.6) is 5.75 Å². The van der Waals surface area contributed by atoms with E-state index in [9.17, 15) is 0 Å². The zero-order chi connectivity index (χ0) is 10.7. The quantitative estimate of drug-likeness (QED) is 0.627. The molecule has 0 amide bonds. The van der Waals surface area contributed by atoms with Crippen molar-refractivity contribution < 1.29 is 5.11 Å². The van der Waals surface area contributed by atoms with Crippen LogP contribution in [0.4, 0.5) is 0 Å². The molecule has 0 aliphatic carbocycles. The Labute approximate surface area is 94.7 Å². The van der Waals surface area contributed by atoms with Crippen LogP contribution in [-0.4, -0.2) is 22.5 Å². The van der Waals surface area contributed by atoms with Gasteiger partial charge in [-0.2, -0.15) is 0 Å². The Morgan fingerprint density at radius 1 is 1.40 bits per heavy atom. The van der Waals surface area contributed by atoms with Crippen LogP contribution in [0.25, 0.3) is 0 Å². The van der Waals surface area contributed by atoms with Crippen LogP contribution in [-0.2, 0) is 0 Å². The summed E-state index contributed by atoms with van der Waals surface area (Å²) in [6.07, 6.45) is 3.24. The number of phenols is 1. The maximum atomic E-state index is 9.16. The number of phenolic OH excluding ortho intramolecular Hbond substituents is 1. The van der Waals surface area contributed by atoms with E-state index in [2.05, 4.69) is 10.9 Å². The minimum atomic E-state index is 0.324. The van der Waals surface area contributed by atoms with Gasteiger partial charge < -0.3 is 5.11 Å². The molecule has 1 fully saturated rings. The third-order valence-corrected chi connectivity index (χ3v) is 3.66. The fraction of sp³-hybridized carbons (Fsp3) is 0.333. The van der Waals surface area contributed by atoms with Gasteiger partial charge in [0.1, 0.15) is 5.75 Å². The van der Waals surface area contributed by atoms with Gasteiger partial charge in [-0.05, 0) is 48.6 Å². The largest absolute Gasteiger partial charge is 0.508 e. The Bertz CT molecular complexity index is 336. The van der Waals surface area contributed by atoms with Crippen molar-refractivity contribution >= 4 is 11.9 Å². The molecule has 1 aliphatic rings. The van der Waals surface area contributed by atoms with Crippen LogP contribution in [0.3, 0.4) is 0 Å². The Morgan fingerprint density at radius 2 is 2.13 bits per heavy atom. The second-order valence-corrected chi connectivity index (χ2v) is 4.93. The second-order valence-electron chi connectivity index (χ2n) is 3.76. The molecule has 2 nitrogen and oxygen atoms in total.